The Hall–Kier alpha value is -4.22. The smallest absolute Gasteiger partial charge is 0.325 e. The molecule has 0 bridgehead atoms. The number of benzene rings is 1. The number of fused-ring (bicyclic) bond motifs is 1. The standard InChI is InChI=1S/C25H21F3N6O3/c1-24(13-2-4-14(26)5-3-13)9-17(24)15-8-18(16-10-29-23(37)31-21(16)35)32-34-11-19(30-20(15)34)22(36)33-7-6-25(27,28)12-33/h2-5,8,10-11,17H,6-7,9,12H2,1H3,(H2,29,31,35,37)/t17-,24-/m1/s1. The number of nitrogens with one attached hydrogen (secondary N) is 2. The molecule has 2 atom stereocenters. The number of likely N-dealkylation sites (tertiary alicyclic amines) is 1. The number of imidazole rings is 1. The van der Waals surface area contributed by atoms with Crippen LogP contribution in [-0.2, 0) is 5.41 Å². The molecule has 1 saturated heterocycles. The molecule has 0 radical (unpaired) electrons. The van der Waals surface area contributed by atoms with Crippen LogP contribution >= 0.6 is 0 Å². The van der Waals surface area contributed by atoms with E-state index in [4.69, 9.17) is 0 Å². The maximum absolute atomic E-state index is 13.7. The van der Waals surface area contributed by atoms with Crippen molar-refractivity contribution < 1.29 is 18.0 Å². The van der Waals surface area contributed by atoms with Crippen LogP contribution in [0.15, 0.2) is 52.3 Å². The number of carbonyl (C=O) groups excluding carboxylic acids is 1. The van der Waals surface area contributed by atoms with E-state index in [1.54, 1.807) is 18.2 Å². The number of nitrogens with zero attached hydrogens (tertiary/aromatic N) is 4. The van der Waals surface area contributed by atoms with E-state index >= 15 is 0 Å². The summed E-state index contributed by atoms with van der Waals surface area (Å²) in [5.74, 6) is -4.03. The molecule has 2 fully saturated rings. The van der Waals surface area contributed by atoms with Crippen molar-refractivity contribution >= 4 is 11.6 Å². The van der Waals surface area contributed by atoms with E-state index in [1.165, 1.54) is 29.0 Å². The molecule has 1 aliphatic heterocycles. The second kappa shape index (κ2) is 7.89. The third kappa shape index (κ3) is 3.92. The summed E-state index contributed by atoms with van der Waals surface area (Å²) in [6.45, 7) is 1.27. The van der Waals surface area contributed by atoms with Crippen LogP contribution in [0.3, 0.4) is 0 Å². The van der Waals surface area contributed by atoms with Crippen LogP contribution in [0.2, 0.25) is 0 Å². The van der Waals surface area contributed by atoms with Crippen molar-refractivity contribution in [1.29, 1.82) is 0 Å². The van der Waals surface area contributed by atoms with Gasteiger partial charge >= 0.3 is 5.69 Å². The summed E-state index contributed by atoms with van der Waals surface area (Å²) in [6, 6.07) is 7.90. The molecule has 2 N–H and O–H groups in total. The second-order valence-electron chi connectivity index (χ2n) is 9.88. The molecule has 4 heterocycles. The number of aromatic amines is 2. The first kappa shape index (κ1) is 23.2. The molecule has 12 heteroatoms. The minimum atomic E-state index is -2.94. The predicted octanol–water partition coefficient (Wildman–Crippen LogP) is 2.84. The Bertz CT molecular complexity index is 1680. The molecule has 2 aliphatic rings. The highest BCUT2D eigenvalue weighted by Crippen LogP contribution is 2.61. The summed E-state index contributed by atoms with van der Waals surface area (Å²) in [4.78, 5) is 47.1. The summed E-state index contributed by atoms with van der Waals surface area (Å²) in [5, 5.41) is 4.44. The van der Waals surface area contributed by atoms with Crippen molar-refractivity contribution in [1.82, 2.24) is 29.5 Å². The third-order valence-corrected chi connectivity index (χ3v) is 7.34. The lowest BCUT2D eigenvalue weighted by Crippen LogP contribution is -2.31. The Morgan fingerprint density at radius 2 is 1.95 bits per heavy atom. The number of carbonyl (C=O) groups is 1. The van der Waals surface area contributed by atoms with Gasteiger partial charge in [-0.3, -0.25) is 14.6 Å². The van der Waals surface area contributed by atoms with Crippen LogP contribution in [0, 0.1) is 5.82 Å². The molecule has 0 unspecified atom stereocenters. The van der Waals surface area contributed by atoms with E-state index < -0.39 is 36.0 Å². The monoisotopic (exact) mass is 510 g/mol. The van der Waals surface area contributed by atoms with Gasteiger partial charge in [-0.1, -0.05) is 19.1 Å². The van der Waals surface area contributed by atoms with Gasteiger partial charge in [-0.15, -0.1) is 0 Å². The maximum Gasteiger partial charge on any atom is 0.325 e. The summed E-state index contributed by atoms with van der Waals surface area (Å²) in [5.41, 5.74) is 0.584. The normalized spacial score (nSPS) is 22.5. The molecule has 37 heavy (non-hydrogen) atoms. The zero-order valence-electron chi connectivity index (χ0n) is 19.6. The van der Waals surface area contributed by atoms with E-state index in [1.807, 2.05) is 6.92 Å². The quantitative estimate of drug-likeness (QED) is 0.438. The van der Waals surface area contributed by atoms with Gasteiger partial charge in [0.15, 0.2) is 5.65 Å². The summed E-state index contributed by atoms with van der Waals surface area (Å²) < 4.78 is 42.3. The van der Waals surface area contributed by atoms with Crippen molar-refractivity contribution in [3.05, 3.63) is 86.2 Å². The molecule has 1 aliphatic carbocycles. The van der Waals surface area contributed by atoms with Gasteiger partial charge in [0, 0.05) is 30.1 Å². The molecule has 1 aromatic carbocycles. The van der Waals surface area contributed by atoms with Crippen molar-refractivity contribution in [3.63, 3.8) is 0 Å². The highest BCUT2D eigenvalue weighted by atomic mass is 19.3. The molecule has 0 spiro atoms. The van der Waals surface area contributed by atoms with Crippen molar-refractivity contribution in [2.45, 2.75) is 37.0 Å². The predicted molar refractivity (Wildman–Crippen MR) is 126 cm³/mol. The fourth-order valence-corrected chi connectivity index (χ4v) is 5.13. The summed E-state index contributed by atoms with van der Waals surface area (Å²) in [7, 11) is 0. The van der Waals surface area contributed by atoms with Crippen LogP contribution < -0.4 is 11.2 Å². The number of amides is 1. The van der Waals surface area contributed by atoms with Crippen LogP contribution in [-0.4, -0.2) is 54.4 Å². The van der Waals surface area contributed by atoms with E-state index in [-0.39, 0.29) is 40.6 Å². The lowest BCUT2D eigenvalue weighted by Gasteiger charge is -2.14. The second-order valence-corrected chi connectivity index (χ2v) is 9.88. The fourth-order valence-electron chi connectivity index (χ4n) is 5.13. The van der Waals surface area contributed by atoms with Crippen molar-refractivity contribution in [2.75, 3.05) is 13.1 Å². The first-order valence-electron chi connectivity index (χ1n) is 11.7. The number of rotatable bonds is 4. The Labute approximate surface area is 207 Å². The summed E-state index contributed by atoms with van der Waals surface area (Å²) >= 11 is 0. The van der Waals surface area contributed by atoms with Gasteiger partial charge in [-0.05, 0) is 36.1 Å². The zero-order valence-corrected chi connectivity index (χ0v) is 19.6. The van der Waals surface area contributed by atoms with Gasteiger partial charge in [0.2, 0.25) is 0 Å². The first-order chi connectivity index (χ1) is 17.5. The van der Waals surface area contributed by atoms with Crippen LogP contribution in [0.25, 0.3) is 16.9 Å². The SMILES string of the molecule is C[C@]1(c2ccc(F)cc2)C[C@@H]1c1cc(-c2c[nH]c(=O)[nH]c2=O)nn2cc(C(=O)N3CCC(F)(F)C3)nc12. The molecule has 3 aromatic heterocycles. The van der Waals surface area contributed by atoms with Gasteiger partial charge in [0.25, 0.3) is 17.4 Å². The molecule has 9 nitrogen and oxygen atoms in total. The van der Waals surface area contributed by atoms with Crippen molar-refractivity contribution in [3.8, 4) is 11.3 Å². The van der Waals surface area contributed by atoms with Crippen LogP contribution in [0.5, 0.6) is 0 Å². The Morgan fingerprint density at radius 3 is 2.62 bits per heavy atom. The Kier molecular flexibility index (Phi) is 4.95. The number of aromatic nitrogens is 5. The molecular weight excluding hydrogens is 489 g/mol. The van der Waals surface area contributed by atoms with Gasteiger partial charge in [-0.2, -0.15) is 5.10 Å². The molecular formula is C25H21F3N6O3. The van der Waals surface area contributed by atoms with Gasteiger partial charge in [-0.25, -0.2) is 27.5 Å². The lowest BCUT2D eigenvalue weighted by molar-refractivity contribution is 0.0119. The fraction of sp³-hybridized carbons (Fsp3) is 0.320. The molecule has 4 aromatic rings. The van der Waals surface area contributed by atoms with Gasteiger partial charge in [0.1, 0.15) is 11.5 Å². The number of hydrogen-bond donors (Lipinski definition) is 2. The minimum Gasteiger partial charge on any atom is -0.331 e. The topological polar surface area (TPSA) is 116 Å². The van der Waals surface area contributed by atoms with E-state index in [0.717, 1.165) is 10.5 Å². The zero-order chi connectivity index (χ0) is 26.1. The average molecular weight is 510 g/mol. The van der Waals surface area contributed by atoms with Crippen LogP contribution in [0.4, 0.5) is 13.2 Å². The third-order valence-electron chi connectivity index (χ3n) is 7.34. The van der Waals surface area contributed by atoms with E-state index in [0.29, 0.717) is 17.6 Å². The molecule has 6 rings (SSSR count). The first-order valence-corrected chi connectivity index (χ1v) is 11.7. The number of halogens is 3. The van der Waals surface area contributed by atoms with Crippen molar-refractivity contribution in [2.24, 2.45) is 0 Å². The number of alkyl halides is 2. The highest BCUT2D eigenvalue weighted by Gasteiger charge is 2.53. The lowest BCUT2D eigenvalue weighted by atomic mass is 9.93. The number of H-pyrrole nitrogens is 2. The number of hydrogen-bond acceptors (Lipinski definition) is 5. The Balaban J connectivity index is 1.47. The molecule has 1 saturated carbocycles. The van der Waals surface area contributed by atoms with E-state index in [9.17, 15) is 27.6 Å². The summed E-state index contributed by atoms with van der Waals surface area (Å²) in [6.07, 6.45) is 2.89. The maximum atomic E-state index is 13.7. The highest BCUT2D eigenvalue weighted by molar-refractivity contribution is 5.93. The van der Waals surface area contributed by atoms with Gasteiger partial charge in [0.05, 0.1) is 24.0 Å². The van der Waals surface area contributed by atoms with Gasteiger partial charge < -0.3 is 9.88 Å². The average Bonchev–Trinajstić information content (AvgIpc) is 3.17. The van der Waals surface area contributed by atoms with Crippen LogP contribution in [0.1, 0.15) is 47.3 Å². The van der Waals surface area contributed by atoms with E-state index in [2.05, 4.69) is 20.1 Å². The largest absolute Gasteiger partial charge is 0.331 e. The molecule has 1 amide bonds. The Morgan fingerprint density at radius 1 is 1.19 bits per heavy atom. The minimum absolute atomic E-state index is 0.0388. The molecule has 190 valence electrons.